The van der Waals surface area contributed by atoms with E-state index in [1.54, 1.807) is 7.05 Å². The first kappa shape index (κ1) is 11.6. The van der Waals surface area contributed by atoms with Crippen LogP contribution in [0.2, 0.25) is 0 Å². The van der Waals surface area contributed by atoms with Crippen LogP contribution in [0.25, 0.3) is 0 Å². The zero-order chi connectivity index (χ0) is 12.3. The molecule has 1 fully saturated rings. The van der Waals surface area contributed by atoms with Gasteiger partial charge in [-0.3, -0.25) is 9.59 Å². The maximum atomic E-state index is 11.6. The third-order valence-corrected chi connectivity index (χ3v) is 3.03. The summed E-state index contributed by atoms with van der Waals surface area (Å²) in [6, 6.07) is 1.46. The predicted molar refractivity (Wildman–Crippen MR) is 63.9 cm³/mol. The molecule has 1 aromatic heterocycles. The third kappa shape index (κ3) is 2.64. The van der Waals surface area contributed by atoms with Crippen molar-refractivity contribution in [3.8, 4) is 0 Å². The van der Waals surface area contributed by atoms with Gasteiger partial charge in [-0.1, -0.05) is 0 Å². The summed E-state index contributed by atoms with van der Waals surface area (Å²) in [6.45, 7) is 1.46. The van der Waals surface area contributed by atoms with Gasteiger partial charge in [-0.2, -0.15) is 0 Å². The van der Waals surface area contributed by atoms with Crippen LogP contribution in [0.1, 0.15) is 12.8 Å². The molecule has 0 spiro atoms. The minimum absolute atomic E-state index is 0.0187. The van der Waals surface area contributed by atoms with Crippen molar-refractivity contribution in [2.45, 2.75) is 12.8 Å². The van der Waals surface area contributed by atoms with Crippen LogP contribution >= 0.6 is 0 Å². The van der Waals surface area contributed by atoms with Crippen molar-refractivity contribution in [2.24, 2.45) is 5.92 Å². The van der Waals surface area contributed by atoms with Crippen molar-refractivity contribution in [1.82, 2.24) is 15.3 Å². The van der Waals surface area contributed by atoms with Crippen LogP contribution in [0.5, 0.6) is 0 Å². The quantitative estimate of drug-likeness (QED) is 0.741. The van der Waals surface area contributed by atoms with E-state index in [1.165, 1.54) is 12.4 Å². The second-order valence-electron chi connectivity index (χ2n) is 4.17. The molecule has 1 aromatic rings. The molecule has 1 unspecified atom stereocenters. The Morgan fingerprint density at radius 1 is 1.65 bits per heavy atom. The van der Waals surface area contributed by atoms with Crippen LogP contribution < -0.4 is 15.8 Å². The van der Waals surface area contributed by atoms with Crippen LogP contribution in [0.15, 0.2) is 17.2 Å². The van der Waals surface area contributed by atoms with E-state index in [2.05, 4.69) is 15.3 Å². The SMILES string of the molecule is CNC(=O)C1CCCN(c2cc(=O)[nH]cn2)C1. The molecule has 1 aliphatic heterocycles. The number of amides is 1. The number of hydrogen-bond acceptors (Lipinski definition) is 4. The Bertz CT molecular complexity index is 457. The van der Waals surface area contributed by atoms with Gasteiger partial charge >= 0.3 is 0 Å². The van der Waals surface area contributed by atoms with E-state index in [1.807, 2.05) is 4.90 Å². The third-order valence-electron chi connectivity index (χ3n) is 3.03. The van der Waals surface area contributed by atoms with E-state index in [-0.39, 0.29) is 17.4 Å². The average molecular weight is 236 g/mol. The summed E-state index contributed by atoms with van der Waals surface area (Å²) in [6.07, 6.45) is 3.22. The van der Waals surface area contributed by atoms with Gasteiger partial charge in [-0.15, -0.1) is 0 Å². The van der Waals surface area contributed by atoms with Gasteiger partial charge in [0.25, 0.3) is 5.56 Å². The van der Waals surface area contributed by atoms with E-state index in [0.29, 0.717) is 12.4 Å². The number of piperidine rings is 1. The number of aromatic nitrogens is 2. The number of hydrogen-bond donors (Lipinski definition) is 2. The highest BCUT2D eigenvalue weighted by molar-refractivity contribution is 5.79. The molecule has 17 heavy (non-hydrogen) atoms. The standard InChI is InChI=1S/C11H16N4O2/c1-12-11(17)8-3-2-4-15(6-8)9-5-10(16)14-7-13-9/h5,7-8H,2-4,6H2,1H3,(H,12,17)(H,13,14,16). The molecule has 0 radical (unpaired) electrons. The fraction of sp³-hybridized carbons (Fsp3) is 0.545. The molecule has 0 aromatic carbocycles. The van der Waals surface area contributed by atoms with Crippen LogP contribution in [0.3, 0.4) is 0 Å². The first-order valence-electron chi connectivity index (χ1n) is 5.72. The lowest BCUT2D eigenvalue weighted by Crippen LogP contribution is -2.42. The molecular formula is C11H16N4O2. The lowest BCUT2D eigenvalue weighted by Gasteiger charge is -2.32. The summed E-state index contributed by atoms with van der Waals surface area (Å²) in [5.41, 5.74) is -0.169. The highest BCUT2D eigenvalue weighted by atomic mass is 16.1. The molecule has 1 atom stereocenters. The number of rotatable bonds is 2. The number of anilines is 1. The molecule has 2 rings (SSSR count). The van der Waals surface area contributed by atoms with E-state index in [0.717, 1.165) is 19.4 Å². The Morgan fingerprint density at radius 2 is 2.47 bits per heavy atom. The minimum Gasteiger partial charge on any atom is -0.359 e. The van der Waals surface area contributed by atoms with E-state index in [4.69, 9.17) is 0 Å². The second kappa shape index (κ2) is 4.99. The van der Waals surface area contributed by atoms with Crippen LogP contribution in [0, 0.1) is 5.92 Å². The van der Waals surface area contributed by atoms with Crippen LogP contribution in [0.4, 0.5) is 5.82 Å². The summed E-state index contributed by atoms with van der Waals surface area (Å²) in [5, 5.41) is 2.66. The summed E-state index contributed by atoms with van der Waals surface area (Å²) >= 11 is 0. The molecule has 0 aliphatic carbocycles. The molecule has 0 saturated carbocycles. The number of nitrogens with one attached hydrogen (secondary N) is 2. The van der Waals surface area contributed by atoms with Crippen molar-refractivity contribution in [3.05, 3.63) is 22.7 Å². The molecular weight excluding hydrogens is 220 g/mol. The Labute approximate surface area is 99.1 Å². The monoisotopic (exact) mass is 236 g/mol. The normalized spacial score (nSPS) is 20.1. The summed E-state index contributed by atoms with van der Waals surface area (Å²) in [7, 11) is 1.65. The van der Waals surface area contributed by atoms with Crippen molar-refractivity contribution in [1.29, 1.82) is 0 Å². The summed E-state index contributed by atoms with van der Waals surface area (Å²) < 4.78 is 0. The number of carbonyl (C=O) groups is 1. The highest BCUT2D eigenvalue weighted by Crippen LogP contribution is 2.20. The van der Waals surface area contributed by atoms with Gasteiger partial charge < -0.3 is 15.2 Å². The smallest absolute Gasteiger partial charge is 0.252 e. The Hall–Kier alpha value is -1.85. The summed E-state index contributed by atoms with van der Waals surface area (Å²) in [5.74, 6) is 0.678. The molecule has 1 aliphatic rings. The summed E-state index contributed by atoms with van der Waals surface area (Å²) in [4.78, 5) is 31.4. The number of nitrogens with zero attached hydrogens (tertiary/aromatic N) is 2. The van der Waals surface area contributed by atoms with Gasteiger partial charge in [0.1, 0.15) is 5.82 Å². The molecule has 0 bridgehead atoms. The topological polar surface area (TPSA) is 78.1 Å². The van der Waals surface area contributed by atoms with E-state index >= 15 is 0 Å². The maximum Gasteiger partial charge on any atom is 0.252 e. The first-order valence-corrected chi connectivity index (χ1v) is 5.72. The fourth-order valence-electron chi connectivity index (χ4n) is 2.13. The van der Waals surface area contributed by atoms with Gasteiger partial charge in [-0.05, 0) is 12.8 Å². The molecule has 6 nitrogen and oxygen atoms in total. The first-order chi connectivity index (χ1) is 8.20. The van der Waals surface area contributed by atoms with Gasteiger partial charge in [-0.25, -0.2) is 4.98 Å². The number of aromatic amines is 1. The molecule has 6 heteroatoms. The molecule has 2 N–H and O–H groups in total. The van der Waals surface area contributed by atoms with E-state index < -0.39 is 0 Å². The van der Waals surface area contributed by atoms with Gasteiger partial charge in [0.15, 0.2) is 0 Å². The fourth-order valence-corrected chi connectivity index (χ4v) is 2.13. The molecule has 2 heterocycles. The largest absolute Gasteiger partial charge is 0.359 e. The predicted octanol–water partition coefficient (Wildman–Crippen LogP) is -0.268. The second-order valence-corrected chi connectivity index (χ2v) is 4.17. The lowest BCUT2D eigenvalue weighted by molar-refractivity contribution is -0.124. The van der Waals surface area contributed by atoms with Crippen molar-refractivity contribution >= 4 is 11.7 Å². The Morgan fingerprint density at radius 3 is 3.18 bits per heavy atom. The van der Waals surface area contributed by atoms with E-state index in [9.17, 15) is 9.59 Å². The Balaban J connectivity index is 2.12. The zero-order valence-electron chi connectivity index (χ0n) is 9.77. The zero-order valence-corrected chi connectivity index (χ0v) is 9.77. The van der Waals surface area contributed by atoms with Gasteiger partial charge in [0, 0.05) is 26.2 Å². The Kier molecular flexibility index (Phi) is 3.41. The van der Waals surface area contributed by atoms with Crippen LogP contribution in [-0.2, 0) is 4.79 Å². The highest BCUT2D eigenvalue weighted by Gasteiger charge is 2.25. The van der Waals surface area contributed by atoms with Gasteiger partial charge in [0.05, 0.1) is 12.2 Å². The molecule has 92 valence electrons. The number of carbonyl (C=O) groups excluding carboxylic acids is 1. The van der Waals surface area contributed by atoms with Gasteiger partial charge in [0.2, 0.25) is 5.91 Å². The lowest BCUT2D eigenvalue weighted by atomic mass is 9.97. The number of H-pyrrole nitrogens is 1. The van der Waals surface area contributed by atoms with Crippen LogP contribution in [-0.4, -0.2) is 36.0 Å². The molecule has 1 amide bonds. The molecule has 1 saturated heterocycles. The maximum absolute atomic E-state index is 11.6. The van der Waals surface area contributed by atoms with Crippen molar-refractivity contribution in [3.63, 3.8) is 0 Å². The average Bonchev–Trinajstić information content (AvgIpc) is 2.38. The van der Waals surface area contributed by atoms with Crippen molar-refractivity contribution < 1.29 is 4.79 Å². The minimum atomic E-state index is -0.169. The van der Waals surface area contributed by atoms with Crippen molar-refractivity contribution in [2.75, 3.05) is 25.0 Å².